The van der Waals surface area contributed by atoms with Crippen LogP contribution < -0.4 is 5.32 Å². The number of hydrogen-bond donors (Lipinski definition) is 1. The van der Waals surface area contributed by atoms with Crippen LogP contribution in [0.2, 0.25) is 5.02 Å². The number of likely N-dealkylation sites (tertiary alicyclic amines) is 1. The first-order valence-corrected chi connectivity index (χ1v) is 11.6. The number of nitrogens with one attached hydrogen (secondary N) is 1. The second kappa shape index (κ2) is 10.3. The van der Waals surface area contributed by atoms with E-state index in [0.717, 1.165) is 23.7 Å². The van der Waals surface area contributed by atoms with Crippen LogP contribution in [0.25, 0.3) is 11.4 Å². The van der Waals surface area contributed by atoms with Gasteiger partial charge in [0.1, 0.15) is 11.7 Å². The lowest BCUT2D eigenvalue weighted by Crippen LogP contribution is -2.44. The number of rotatable bonds is 7. The summed E-state index contributed by atoms with van der Waals surface area (Å²) >= 11 is 7.38. The summed E-state index contributed by atoms with van der Waals surface area (Å²) in [6.45, 7) is -0.370. The number of nitrogens with zero attached hydrogens (tertiary/aromatic N) is 4. The van der Waals surface area contributed by atoms with Gasteiger partial charge in [0.25, 0.3) is 11.8 Å². The Bertz CT molecular complexity index is 1150. The Hall–Kier alpha value is -2.63. The summed E-state index contributed by atoms with van der Waals surface area (Å²) in [7, 11) is 0. The lowest BCUT2D eigenvalue weighted by atomic mass is 10.0. The largest absolute Gasteiger partial charge is 0.350 e. The Balaban J connectivity index is 1.52. The number of carbonyl (C=O) groups excluding carboxylic acids is 1. The number of aromatic nitrogens is 3. The molecule has 1 saturated heterocycles. The second-order valence-electron chi connectivity index (χ2n) is 7.83. The van der Waals surface area contributed by atoms with E-state index in [9.17, 15) is 22.4 Å². The van der Waals surface area contributed by atoms with Crippen molar-refractivity contribution in [2.24, 2.45) is 0 Å². The van der Waals surface area contributed by atoms with Gasteiger partial charge in [-0.25, -0.2) is 32.5 Å². The fourth-order valence-corrected chi connectivity index (χ4v) is 4.81. The summed E-state index contributed by atoms with van der Waals surface area (Å²) in [5, 5.41) is 3.27. The van der Waals surface area contributed by atoms with E-state index >= 15 is 0 Å². The molecule has 1 fully saturated rings. The minimum atomic E-state index is -2.72. The fourth-order valence-electron chi connectivity index (χ4n) is 3.70. The first-order chi connectivity index (χ1) is 16.3. The zero-order valence-electron chi connectivity index (χ0n) is 17.8. The molecule has 3 aromatic rings. The highest BCUT2D eigenvalue weighted by molar-refractivity contribution is 7.11. The van der Waals surface area contributed by atoms with Gasteiger partial charge in [-0.1, -0.05) is 11.6 Å². The quantitative estimate of drug-likeness (QED) is 0.447. The van der Waals surface area contributed by atoms with Crippen LogP contribution in [-0.2, 0) is 6.67 Å². The van der Waals surface area contributed by atoms with Gasteiger partial charge in [0.15, 0.2) is 11.6 Å². The molecule has 34 heavy (non-hydrogen) atoms. The van der Waals surface area contributed by atoms with Crippen molar-refractivity contribution in [2.75, 3.05) is 19.6 Å². The average Bonchev–Trinajstić information content (AvgIpc) is 3.30. The van der Waals surface area contributed by atoms with Crippen molar-refractivity contribution in [3.8, 4) is 11.4 Å². The van der Waals surface area contributed by atoms with Crippen molar-refractivity contribution >= 4 is 28.8 Å². The van der Waals surface area contributed by atoms with E-state index < -0.39 is 30.4 Å². The molecule has 2 aromatic heterocycles. The molecule has 3 heterocycles. The van der Waals surface area contributed by atoms with Crippen LogP contribution >= 0.6 is 22.9 Å². The van der Waals surface area contributed by atoms with Crippen molar-refractivity contribution in [1.82, 2.24) is 25.2 Å². The summed E-state index contributed by atoms with van der Waals surface area (Å²) in [4.78, 5) is 27.3. The summed E-state index contributed by atoms with van der Waals surface area (Å²) < 4.78 is 53.5. The van der Waals surface area contributed by atoms with Crippen LogP contribution in [0.4, 0.5) is 17.6 Å². The first kappa shape index (κ1) is 24.5. The lowest BCUT2D eigenvalue weighted by Gasteiger charge is -2.37. The lowest BCUT2D eigenvalue weighted by molar-refractivity contribution is -0.0629. The van der Waals surface area contributed by atoms with Crippen LogP contribution in [0.5, 0.6) is 0 Å². The third-order valence-corrected chi connectivity index (χ3v) is 6.92. The molecule has 0 aliphatic carbocycles. The first-order valence-electron chi connectivity index (χ1n) is 10.4. The minimum absolute atomic E-state index is 0.0892. The number of amides is 1. The van der Waals surface area contributed by atoms with Gasteiger partial charge in [-0.05, 0) is 18.2 Å². The molecule has 1 aromatic carbocycles. The highest BCUT2D eigenvalue weighted by atomic mass is 35.5. The number of thiazole rings is 1. The molecule has 1 aliphatic heterocycles. The van der Waals surface area contributed by atoms with Gasteiger partial charge >= 0.3 is 0 Å². The Morgan fingerprint density at radius 1 is 1.18 bits per heavy atom. The molecular formula is C22H20ClF4N5OS. The number of hydrogen-bond acceptors (Lipinski definition) is 6. The Labute approximate surface area is 202 Å². The fraction of sp³-hybridized carbons (Fsp3) is 0.364. The SMILES string of the molecule is O=C(NCC(c1cnc(CF)s1)N1CCC(F)(F)CC1)c1cc(-c2ncc(F)cn2)ccc1Cl. The standard InChI is InChI=1S/C22H20ClF4N5OS/c23-16-2-1-13(20-29-9-14(25)10-30-20)7-15(16)21(33)31-11-17(18-12-28-19(8-24)34-18)32-5-3-22(26,27)4-6-32/h1-2,7,9-10,12,17H,3-6,8,11H2,(H,31,33). The highest BCUT2D eigenvalue weighted by Crippen LogP contribution is 2.34. The number of halogens is 5. The predicted octanol–water partition coefficient (Wildman–Crippen LogP) is 5.06. The third kappa shape index (κ3) is 5.70. The second-order valence-corrected chi connectivity index (χ2v) is 9.38. The molecule has 1 aliphatic rings. The van der Waals surface area contributed by atoms with E-state index in [1.807, 2.05) is 4.90 Å². The third-order valence-electron chi connectivity index (χ3n) is 5.53. The summed E-state index contributed by atoms with van der Waals surface area (Å²) in [5.74, 6) is -3.58. The van der Waals surface area contributed by atoms with Gasteiger partial charge in [0.05, 0.1) is 29.0 Å². The van der Waals surface area contributed by atoms with Crippen molar-refractivity contribution in [2.45, 2.75) is 31.5 Å². The molecular weight excluding hydrogens is 494 g/mol. The minimum Gasteiger partial charge on any atom is -0.350 e. The van der Waals surface area contributed by atoms with Gasteiger partial charge in [0, 0.05) is 49.1 Å². The summed E-state index contributed by atoms with van der Waals surface area (Å²) in [6.07, 6.45) is 2.96. The van der Waals surface area contributed by atoms with Crippen LogP contribution in [0.15, 0.2) is 36.8 Å². The van der Waals surface area contributed by atoms with E-state index in [4.69, 9.17) is 11.6 Å². The molecule has 1 atom stereocenters. The maximum Gasteiger partial charge on any atom is 0.252 e. The Morgan fingerprint density at radius 2 is 1.88 bits per heavy atom. The van der Waals surface area contributed by atoms with Gasteiger partial charge < -0.3 is 5.32 Å². The maximum atomic E-state index is 13.7. The Morgan fingerprint density at radius 3 is 2.53 bits per heavy atom. The van der Waals surface area contributed by atoms with Crippen molar-refractivity contribution in [3.63, 3.8) is 0 Å². The highest BCUT2D eigenvalue weighted by Gasteiger charge is 2.37. The van der Waals surface area contributed by atoms with Gasteiger partial charge in [-0.15, -0.1) is 11.3 Å². The molecule has 0 bridgehead atoms. The summed E-state index contributed by atoms with van der Waals surface area (Å²) in [6, 6.07) is 4.17. The van der Waals surface area contributed by atoms with E-state index in [-0.39, 0.29) is 53.9 Å². The smallest absolute Gasteiger partial charge is 0.252 e. The van der Waals surface area contributed by atoms with E-state index in [1.165, 1.54) is 18.3 Å². The molecule has 0 saturated carbocycles. The number of alkyl halides is 3. The van der Waals surface area contributed by atoms with Crippen molar-refractivity contribution in [3.05, 3.63) is 63.1 Å². The zero-order valence-corrected chi connectivity index (χ0v) is 19.4. The monoisotopic (exact) mass is 513 g/mol. The zero-order chi connectivity index (χ0) is 24.3. The Kier molecular flexibility index (Phi) is 7.44. The molecule has 12 heteroatoms. The van der Waals surface area contributed by atoms with Gasteiger partial charge in [0.2, 0.25) is 0 Å². The van der Waals surface area contributed by atoms with E-state index in [0.29, 0.717) is 10.4 Å². The molecule has 1 N–H and O–H groups in total. The molecule has 0 radical (unpaired) electrons. The molecule has 0 spiro atoms. The van der Waals surface area contributed by atoms with Crippen molar-refractivity contribution in [1.29, 1.82) is 0 Å². The van der Waals surface area contributed by atoms with Gasteiger partial charge in [-0.3, -0.25) is 9.69 Å². The van der Waals surface area contributed by atoms with Crippen LogP contribution in [0.3, 0.4) is 0 Å². The number of carbonyl (C=O) groups is 1. The predicted molar refractivity (Wildman–Crippen MR) is 120 cm³/mol. The normalized spacial score (nSPS) is 16.9. The van der Waals surface area contributed by atoms with Crippen molar-refractivity contribution < 1.29 is 22.4 Å². The average molecular weight is 514 g/mol. The number of benzene rings is 1. The van der Waals surface area contributed by atoms with E-state index in [1.54, 1.807) is 6.07 Å². The number of piperidine rings is 1. The molecule has 6 nitrogen and oxygen atoms in total. The maximum absolute atomic E-state index is 13.7. The van der Waals surface area contributed by atoms with E-state index in [2.05, 4.69) is 20.3 Å². The molecule has 1 amide bonds. The molecule has 180 valence electrons. The van der Waals surface area contributed by atoms with Crippen LogP contribution in [-0.4, -0.2) is 51.3 Å². The van der Waals surface area contributed by atoms with Crippen LogP contribution in [0.1, 0.15) is 39.1 Å². The van der Waals surface area contributed by atoms with Gasteiger partial charge in [-0.2, -0.15) is 0 Å². The molecule has 4 rings (SSSR count). The summed E-state index contributed by atoms with van der Waals surface area (Å²) in [5.41, 5.74) is 0.629. The van der Waals surface area contributed by atoms with Crippen LogP contribution in [0, 0.1) is 5.82 Å². The topological polar surface area (TPSA) is 71.0 Å². The molecule has 1 unspecified atom stereocenters.